The molecule has 0 aromatic carbocycles. The number of carbonyl (C=O) groups is 3. The molecule has 0 bridgehead atoms. The average molecular weight is 246 g/mol. The van der Waals surface area contributed by atoms with Gasteiger partial charge in [0, 0.05) is 19.0 Å². The minimum Gasteiger partial charge on any atom is -0.480 e. The topological polar surface area (TPSA) is 105 Å². The van der Waals surface area contributed by atoms with Crippen molar-refractivity contribution >= 4 is 18.2 Å². The number of alkyl carbamates (subject to hydrolysis) is 1. The van der Waals surface area contributed by atoms with E-state index in [0.717, 1.165) is 7.11 Å². The molecular formula is C9H14N2O6. The number of hydrogen-bond acceptors (Lipinski definition) is 5. The van der Waals surface area contributed by atoms with E-state index in [1.807, 2.05) is 0 Å². The zero-order valence-corrected chi connectivity index (χ0v) is 9.50. The van der Waals surface area contributed by atoms with E-state index in [1.54, 1.807) is 0 Å². The first-order valence-corrected chi connectivity index (χ1v) is 4.89. The molecule has 0 saturated carbocycles. The lowest BCUT2D eigenvalue weighted by molar-refractivity contribution is -0.142. The molecule has 0 aliphatic carbocycles. The van der Waals surface area contributed by atoms with E-state index in [2.05, 4.69) is 14.8 Å². The summed E-state index contributed by atoms with van der Waals surface area (Å²) >= 11 is 0. The van der Waals surface area contributed by atoms with Gasteiger partial charge in [0.1, 0.15) is 6.04 Å². The molecule has 0 aromatic rings. The fourth-order valence-corrected chi connectivity index (χ4v) is 1.57. The molecule has 17 heavy (non-hydrogen) atoms. The fraction of sp³-hybridized carbons (Fsp3) is 0.667. The number of rotatable bonds is 3. The molecule has 0 spiro atoms. The monoisotopic (exact) mass is 246 g/mol. The van der Waals surface area contributed by atoms with Crippen molar-refractivity contribution < 1.29 is 29.0 Å². The average Bonchev–Trinajstić information content (AvgIpc) is 2.24. The van der Waals surface area contributed by atoms with E-state index in [-0.39, 0.29) is 19.0 Å². The van der Waals surface area contributed by atoms with Gasteiger partial charge in [-0.15, -0.1) is 0 Å². The number of aliphatic carboxylic acids is 1. The van der Waals surface area contributed by atoms with Crippen LogP contribution in [0, 0.1) is 5.92 Å². The number of nitrogens with one attached hydrogen (secondary N) is 1. The molecule has 8 heteroatoms. The highest BCUT2D eigenvalue weighted by Gasteiger charge is 2.41. The number of ether oxygens (including phenoxy) is 2. The third-order valence-corrected chi connectivity index (χ3v) is 2.54. The maximum atomic E-state index is 11.1. The number of carboxylic acids is 1. The summed E-state index contributed by atoms with van der Waals surface area (Å²) in [5.41, 5.74) is 0. The predicted molar refractivity (Wildman–Crippen MR) is 54.4 cm³/mol. The Hall–Kier alpha value is -1.99. The number of methoxy groups -OCH3 is 2. The van der Waals surface area contributed by atoms with E-state index in [9.17, 15) is 14.4 Å². The van der Waals surface area contributed by atoms with Crippen LogP contribution in [-0.2, 0) is 14.3 Å². The van der Waals surface area contributed by atoms with E-state index >= 15 is 0 Å². The zero-order chi connectivity index (χ0) is 13.0. The Labute approximate surface area is 97.5 Å². The van der Waals surface area contributed by atoms with Gasteiger partial charge in [0.2, 0.25) is 0 Å². The van der Waals surface area contributed by atoms with Crippen molar-refractivity contribution in [1.82, 2.24) is 10.2 Å². The lowest BCUT2D eigenvalue weighted by Crippen LogP contribution is -2.60. The first-order chi connectivity index (χ1) is 7.99. The van der Waals surface area contributed by atoms with E-state index in [4.69, 9.17) is 5.11 Å². The number of carbonyl (C=O) groups excluding carboxylic acids is 2. The van der Waals surface area contributed by atoms with Gasteiger partial charge in [-0.05, 0) is 0 Å². The molecule has 1 atom stereocenters. The highest BCUT2D eigenvalue weighted by Crippen LogP contribution is 2.20. The van der Waals surface area contributed by atoms with Gasteiger partial charge < -0.3 is 24.8 Å². The first kappa shape index (κ1) is 13.1. The quantitative estimate of drug-likeness (QED) is 0.695. The van der Waals surface area contributed by atoms with Crippen LogP contribution in [0.15, 0.2) is 0 Å². The Morgan fingerprint density at radius 3 is 2.29 bits per heavy atom. The van der Waals surface area contributed by atoms with Gasteiger partial charge in [0.25, 0.3) is 0 Å². The summed E-state index contributed by atoms with van der Waals surface area (Å²) < 4.78 is 8.80. The van der Waals surface area contributed by atoms with Crippen molar-refractivity contribution in [3.63, 3.8) is 0 Å². The molecule has 1 fully saturated rings. The maximum Gasteiger partial charge on any atom is 0.409 e. The molecule has 1 rings (SSSR count). The summed E-state index contributed by atoms with van der Waals surface area (Å²) in [4.78, 5) is 34.3. The van der Waals surface area contributed by atoms with Crippen molar-refractivity contribution in [2.24, 2.45) is 5.92 Å². The van der Waals surface area contributed by atoms with Gasteiger partial charge in [-0.25, -0.2) is 14.4 Å². The van der Waals surface area contributed by atoms with Crippen molar-refractivity contribution in [3.8, 4) is 0 Å². The summed E-state index contributed by atoms with van der Waals surface area (Å²) in [5, 5.41) is 11.1. The Morgan fingerprint density at radius 2 is 1.88 bits per heavy atom. The Kier molecular flexibility index (Phi) is 4.13. The molecule has 0 unspecified atom stereocenters. The number of amides is 2. The van der Waals surface area contributed by atoms with Gasteiger partial charge in [0.05, 0.1) is 14.2 Å². The Morgan fingerprint density at radius 1 is 1.29 bits per heavy atom. The molecule has 8 nitrogen and oxygen atoms in total. The summed E-state index contributed by atoms with van der Waals surface area (Å²) in [6.45, 7) is 0.460. The second-order valence-electron chi connectivity index (χ2n) is 3.59. The SMILES string of the molecule is COC(=O)N[C@@H](C(=O)O)C1CN(C(=O)OC)C1. The Balaban J connectivity index is 2.50. The molecule has 96 valence electrons. The number of likely N-dealkylation sites (tertiary alicyclic amines) is 1. The van der Waals surface area contributed by atoms with Gasteiger partial charge >= 0.3 is 18.2 Å². The number of nitrogens with zero attached hydrogens (tertiary/aromatic N) is 1. The smallest absolute Gasteiger partial charge is 0.409 e. The second-order valence-corrected chi connectivity index (χ2v) is 3.59. The van der Waals surface area contributed by atoms with Crippen LogP contribution in [0.2, 0.25) is 0 Å². The third-order valence-electron chi connectivity index (χ3n) is 2.54. The molecule has 1 saturated heterocycles. The summed E-state index contributed by atoms with van der Waals surface area (Å²) in [7, 11) is 2.40. The van der Waals surface area contributed by atoms with Crippen LogP contribution < -0.4 is 5.32 Å². The number of hydrogen-bond donors (Lipinski definition) is 2. The van der Waals surface area contributed by atoms with Gasteiger partial charge in [-0.1, -0.05) is 0 Å². The molecule has 0 radical (unpaired) electrons. The van der Waals surface area contributed by atoms with Crippen LogP contribution >= 0.6 is 0 Å². The normalized spacial score (nSPS) is 16.7. The van der Waals surface area contributed by atoms with Crippen LogP contribution in [0.1, 0.15) is 0 Å². The van der Waals surface area contributed by atoms with Gasteiger partial charge in [0.15, 0.2) is 0 Å². The highest BCUT2D eigenvalue weighted by atomic mass is 16.5. The summed E-state index contributed by atoms with van der Waals surface area (Å²) in [5.74, 6) is -1.50. The van der Waals surface area contributed by atoms with E-state index in [0.29, 0.717) is 0 Å². The molecule has 1 aliphatic heterocycles. The van der Waals surface area contributed by atoms with Crippen molar-refractivity contribution in [3.05, 3.63) is 0 Å². The van der Waals surface area contributed by atoms with Crippen molar-refractivity contribution in [2.45, 2.75) is 6.04 Å². The van der Waals surface area contributed by atoms with Crippen molar-refractivity contribution in [2.75, 3.05) is 27.3 Å². The highest BCUT2D eigenvalue weighted by molar-refractivity contribution is 5.80. The molecule has 1 heterocycles. The summed E-state index contributed by atoms with van der Waals surface area (Å²) in [6.07, 6.45) is -1.32. The summed E-state index contributed by atoms with van der Waals surface area (Å²) in [6, 6.07) is -1.07. The van der Waals surface area contributed by atoms with E-state index in [1.165, 1.54) is 12.0 Å². The third kappa shape index (κ3) is 2.99. The molecule has 2 amide bonds. The second kappa shape index (κ2) is 5.37. The molecule has 1 aliphatic rings. The van der Waals surface area contributed by atoms with Crippen LogP contribution in [-0.4, -0.2) is 61.5 Å². The first-order valence-electron chi connectivity index (χ1n) is 4.89. The zero-order valence-electron chi connectivity index (χ0n) is 9.50. The minimum atomic E-state index is -1.16. The van der Waals surface area contributed by atoms with Crippen LogP contribution in [0.25, 0.3) is 0 Å². The van der Waals surface area contributed by atoms with Crippen LogP contribution in [0.3, 0.4) is 0 Å². The van der Waals surface area contributed by atoms with Gasteiger partial charge in [-0.2, -0.15) is 0 Å². The molecule has 0 aromatic heterocycles. The number of carboxylic acid groups (broad SMARTS) is 1. The van der Waals surface area contributed by atoms with Crippen LogP contribution in [0.5, 0.6) is 0 Å². The standard InChI is InChI=1S/C9H14N2O6/c1-16-8(14)10-6(7(12)13)5-3-11(4-5)9(15)17-2/h5-6H,3-4H2,1-2H3,(H,10,14)(H,12,13)/t6-/m1/s1. The fourth-order valence-electron chi connectivity index (χ4n) is 1.57. The van der Waals surface area contributed by atoms with E-state index < -0.39 is 24.2 Å². The molecule has 2 N–H and O–H groups in total. The predicted octanol–water partition coefficient (Wildman–Crippen LogP) is -0.506. The lowest BCUT2D eigenvalue weighted by Gasteiger charge is -2.40. The Bertz CT molecular complexity index is 325. The van der Waals surface area contributed by atoms with Crippen molar-refractivity contribution in [1.29, 1.82) is 0 Å². The van der Waals surface area contributed by atoms with Crippen LogP contribution in [0.4, 0.5) is 9.59 Å². The lowest BCUT2D eigenvalue weighted by atomic mass is 9.92. The van der Waals surface area contributed by atoms with Gasteiger partial charge in [-0.3, -0.25) is 0 Å². The molecular weight excluding hydrogens is 232 g/mol. The maximum absolute atomic E-state index is 11.1. The minimum absolute atomic E-state index is 0.230. The largest absolute Gasteiger partial charge is 0.480 e.